The minimum Gasteiger partial charge on any atom is -0.466 e. The number of rotatable bonds is 2. The quantitative estimate of drug-likeness (QED) is 0.608. The molecule has 2 unspecified atom stereocenters. The first-order valence-corrected chi connectivity index (χ1v) is 3.70. The van der Waals surface area contributed by atoms with Crippen LogP contribution in [-0.4, -0.2) is 18.8 Å². The van der Waals surface area contributed by atoms with Crippen molar-refractivity contribution in [3.8, 4) is 0 Å². The van der Waals surface area contributed by atoms with Crippen LogP contribution in [0.25, 0.3) is 0 Å². The maximum Gasteiger partial charge on any atom is 0.392 e. The molecule has 1 aliphatic rings. The van der Waals surface area contributed by atoms with Gasteiger partial charge in [0.05, 0.1) is 18.4 Å². The largest absolute Gasteiger partial charge is 0.466 e. The molecule has 5 heteroatoms. The van der Waals surface area contributed by atoms with Gasteiger partial charge in [-0.3, -0.25) is 4.79 Å². The van der Waals surface area contributed by atoms with E-state index in [1.165, 1.54) is 0 Å². The Hall–Kier alpha value is -0.740. The van der Waals surface area contributed by atoms with Crippen LogP contribution in [-0.2, 0) is 9.53 Å². The monoisotopic (exact) mass is 182 g/mol. The molecule has 0 aromatic rings. The van der Waals surface area contributed by atoms with Crippen LogP contribution >= 0.6 is 0 Å². The fraction of sp³-hybridized carbons (Fsp3) is 0.857. The molecule has 2 nitrogen and oxygen atoms in total. The molecule has 70 valence electrons. The van der Waals surface area contributed by atoms with Crippen LogP contribution in [0.2, 0.25) is 0 Å². The molecule has 1 fully saturated rings. The van der Waals surface area contributed by atoms with Crippen LogP contribution in [0, 0.1) is 11.8 Å². The number of alkyl halides is 3. The third-order valence-corrected chi connectivity index (χ3v) is 1.80. The number of halogens is 3. The summed E-state index contributed by atoms with van der Waals surface area (Å²) < 4.78 is 40.1. The lowest BCUT2D eigenvalue weighted by Gasteiger charge is -2.04. The molecule has 0 N–H and O–H groups in total. The van der Waals surface area contributed by atoms with Gasteiger partial charge in [0.1, 0.15) is 0 Å². The van der Waals surface area contributed by atoms with E-state index in [4.69, 9.17) is 0 Å². The minimum absolute atomic E-state index is 0.109. The molecule has 0 radical (unpaired) electrons. The Morgan fingerprint density at radius 3 is 2.50 bits per heavy atom. The van der Waals surface area contributed by atoms with Gasteiger partial charge < -0.3 is 4.74 Å². The molecule has 1 rings (SSSR count). The van der Waals surface area contributed by atoms with Crippen molar-refractivity contribution in [3.05, 3.63) is 0 Å². The second kappa shape index (κ2) is 2.95. The molecule has 1 saturated carbocycles. The van der Waals surface area contributed by atoms with Crippen LogP contribution < -0.4 is 0 Å². The summed E-state index contributed by atoms with van der Waals surface area (Å²) in [6.45, 7) is 1.71. The van der Waals surface area contributed by atoms with Gasteiger partial charge in [0.25, 0.3) is 0 Å². The molecule has 0 aliphatic heterocycles. The van der Waals surface area contributed by atoms with Crippen molar-refractivity contribution in [2.75, 3.05) is 6.61 Å². The molecular weight excluding hydrogens is 173 g/mol. The Labute approximate surface area is 67.7 Å². The first-order valence-electron chi connectivity index (χ1n) is 3.70. The Bertz CT molecular complexity index is 188. The van der Waals surface area contributed by atoms with Gasteiger partial charge in [-0.05, 0) is 13.3 Å². The van der Waals surface area contributed by atoms with E-state index in [1.54, 1.807) is 6.92 Å². The first-order chi connectivity index (χ1) is 5.46. The molecule has 0 aromatic carbocycles. The van der Waals surface area contributed by atoms with Crippen LogP contribution in [0.15, 0.2) is 0 Å². The summed E-state index contributed by atoms with van der Waals surface area (Å²) in [6.07, 6.45) is -4.35. The smallest absolute Gasteiger partial charge is 0.392 e. The molecule has 0 heterocycles. The predicted octanol–water partition coefficient (Wildman–Crippen LogP) is 1.75. The molecule has 12 heavy (non-hydrogen) atoms. The van der Waals surface area contributed by atoms with E-state index in [0.717, 1.165) is 0 Å². The maximum atomic E-state index is 11.9. The molecule has 0 amide bonds. The summed E-state index contributed by atoms with van der Waals surface area (Å²) >= 11 is 0. The Balaban J connectivity index is 2.37. The molecule has 0 spiro atoms. The zero-order valence-electron chi connectivity index (χ0n) is 6.52. The highest BCUT2D eigenvalue weighted by molar-refractivity contribution is 5.75. The summed E-state index contributed by atoms with van der Waals surface area (Å²) in [5.41, 5.74) is 0. The van der Waals surface area contributed by atoms with Crippen LogP contribution in [0.3, 0.4) is 0 Å². The highest BCUT2D eigenvalue weighted by Crippen LogP contribution is 2.50. The molecule has 2 atom stereocenters. The van der Waals surface area contributed by atoms with E-state index in [1.807, 2.05) is 0 Å². The lowest BCUT2D eigenvalue weighted by atomic mass is 10.3. The lowest BCUT2D eigenvalue weighted by molar-refractivity contribution is -0.162. The fourth-order valence-electron chi connectivity index (χ4n) is 1.07. The number of esters is 1. The van der Waals surface area contributed by atoms with Crippen molar-refractivity contribution < 1.29 is 22.7 Å². The Kier molecular flexibility index (Phi) is 2.30. The van der Waals surface area contributed by atoms with Crippen LogP contribution in [0.5, 0.6) is 0 Å². The van der Waals surface area contributed by atoms with E-state index in [-0.39, 0.29) is 13.0 Å². The van der Waals surface area contributed by atoms with Crippen molar-refractivity contribution in [1.82, 2.24) is 0 Å². The van der Waals surface area contributed by atoms with E-state index in [0.29, 0.717) is 0 Å². The van der Waals surface area contributed by atoms with Crippen molar-refractivity contribution in [1.29, 1.82) is 0 Å². The normalized spacial score (nSPS) is 28.3. The van der Waals surface area contributed by atoms with Crippen molar-refractivity contribution in [2.24, 2.45) is 11.8 Å². The predicted molar refractivity (Wildman–Crippen MR) is 34.3 cm³/mol. The molecule has 0 saturated heterocycles. The van der Waals surface area contributed by atoms with Gasteiger partial charge >= 0.3 is 12.1 Å². The molecular formula is C7H9F3O2. The minimum atomic E-state index is -4.24. The van der Waals surface area contributed by atoms with Crippen molar-refractivity contribution >= 4 is 5.97 Å². The summed E-state index contributed by atoms with van der Waals surface area (Å²) in [6, 6.07) is 0. The van der Waals surface area contributed by atoms with Gasteiger partial charge in [0.15, 0.2) is 0 Å². The summed E-state index contributed by atoms with van der Waals surface area (Å²) in [4.78, 5) is 10.7. The molecule has 0 aromatic heterocycles. The van der Waals surface area contributed by atoms with Gasteiger partial charge in [-0.25, -0.2) is 0 Å². The number of hydrogen-bond acceptors (Lipinski definition) is 2. The zero-order chi connectivity index (χ0) is 9.35. The fourth-order valence-corrected chi connectivity index (χ4v) is 1.07. The Morgan fingerprint density at radius 2 is 2.17 bits per heavy atom. The summed E-state index contributed by atoms with van der Waals surface area (Å²) in [7, 11) is 0. The van der Waals surface area contributed by atoms with E-state index >= 15 is 0 Å². The third-order valence-electron chi connectivity index (χ3n) is 1.80. The average Bonchev–Trinajstić information content (AvgIpc) is 2.62. The van der Waals surface area contributed by atoms with Gasteiger partial charge in [-0.15, -0.1) is 0 Å². The lowest BCUT2D eigenvalue weighted by Crippen LogP contribution is -2.16. The number of carbonyl (C=O) groups excluding carboxylic acids is 1. The SMILES string of the molecule is CCOC(=O)C1CC1C(F)(F)F. The molecule has 1 aliphatic carbocycles. The topological polar surface area (TPSA) is 26.3 Å². The van der Waals surface area contributed by atoms with E-state index in [9.17, 15) is 18.0 Å². The highest BCUT2D eigenvalue weighted by atomic mass is 19.4. The number of ether oxygens (including phenoxy) is 1. The zero-order valence-corrected chi connectivity index (χ0v) is 6.52. The number of hydrogen-bond donors (Lipinski definition) is 0. The van der Waals surface area contributed by atoms with Crippen molar-refractivity contribution in [2.45, 2.75) is 19.5 Å². The van der Waals surface area contributed by atoms with E-state index < -0.39 is 24.0 Å². The van der Waals surface area contributed by atoms with Gasteiger partial charge in [-0.1, -0.05) is 0 Å². The third kappa shape index (κ3) is 1.89. The standard InChI is InChI=1S/C7H9F3O2/c1-2-12-6(11)4-3-5(4)7(8,9)10/h4-5H,2-3H2,1H3. The summed E-state index contributed by atoms with van der Waals surface area (Å²) in [5, 5.41) is 0. The Morgan fingerprint density at radius 1 is 1.58 bits per heavy atom. The van der Waals surface area contributed by atoms with Crippen LogP contribution in [0.4, 0.5) is 13.2 Å². The second-order valence-electron chi connectivity index (χ2n) is 2.74. The molecule has 0 bridgehead atoms. The highest BCUT2D eigenvalue weighted by Gasteiger charge is 2.59. The summed E-state index contributed by atoms with van der Waals surface area (Å²) in [5.74, 6) is -3.12. The van der Waals surface area contributed by atoms with Gasteiger partial charge in [-0.2, -0.15) is 13.2 Å². The van der Waals surface area contributed by atoms with E-state index in [2.05, 4.69) is 4.74 Å². The van der Waals surface area contributed by atoms with Crippen LogP contribution in [0.1, 0.15) is 13.3 Å². The maximum absolute atomic E-state index is 11.9. The first kappa shape index (κ1) is 9.35. The van der Waals surface area contributed by atoms with Gasteiger partial charge in [0.2, 0.25) is 0 Å². The van der Waals surface area contributed by atoms with Gasteiger partial charge in [0, 0.05) is 0 Å². The second-order valence-corrected chi connectivity index (χ2v) is 2.74. The number of carbonyl (C=O) groups is 1. The average molecular weight is 182 g/mol. The van der Waals surface area contributed by atoms with Crippen molar-refractivity contribution in [3.63, 3.8) is 0 Å².